The van der Waals surface area contributed by atoms with Crippen LogP contribution in [-0.4, -0.2) is 29.7 Å². The molecule has 0 radical (unpaired) electrons. The first-order chi connectivity index (χ1) is 6.22. The summed E-state index contributed by atoms with van der Waals surface area (Å²) < 4.78 is 5.45. The minimum atomic E-state index is 0.0896. The smallest absolute Gasteiger partial charge is 0.316 e. The topological polar surface area (TPSA) is 47.0 Å². The highest BCUT2D eigenvalue weighted by Crippen LogP contribution is 2.03. The van der Waals surface area contributed by atoms with Gasteiger partial charge in [-0.3, -0.25) is 0 Å². The first kappa shape index (κ1) is 9.92. The summed E-state index contributed by atoms with van der Waals surface area (Å²) in [6.45, 7) is 4.68. The number of aromatic nitrogens is 2. The molecule has 0 saturated heterocycles. The largest absolute Gasteiger partial charge is 0.459 e. The molecule has 0 spiro atoms. The Morgan fingerprint density at radius 1 is 1.62 bits per heavy atom. The summed E-state index contributed by atoms with van der Waals surface area (Å²) in [4.78, 5) is 8.13. The molecular weight excluding hydrogens is 166 g/mol. The van der Waals surface area contributed by atoms with Gasteiger partial charge in [-0.25, -0.2) is 9.97 Å². The van der Waals surface area contributed by atoms with E-state index in [9.17, 15) is 0 Å². The number of aryl methyl sites for hydroxylation is 1. The van der Waals surface area contributed by atoms with Gasteiger partial charge >= 0.3 is 6.01 Å². The van der Waals surface area contributed by atoms with Gasteiger partial charge in [0, 0.05) is 18.4 Å². The van der Waals surface area contributed by atoms with Crippen molar-refractivity contribution in [3.8, 4) is 6.01 Å². The zero-order valence-electron chi connectivity index (χ0n) is 8.24. The van der Waals surface area contributed by atoms with Gasteiger partial charge in [0.2, 0.25) is 0 Å². The third kappa shape index (κ3) is 3.38. The molecule has 0 aliphatic heterocycles. The molecule has 1 rings (SSSR count). The predicted molar refractivity (Wildman–Crippen MR) is 50.8 cm³/mol. The molecule has 4 heteroatoms. The maximum atomic E-state index is 5.45. The summed E-state index contributed by atoms with van der Waals surface area (Å²) in [5.74, 6) is 0. The van der Waals surface area contributed by atoms with Crippen molar-refractivity contribution in [3.05, 3.63) is 18.0 Å². The molecule has 1 aromatic heterocycles. The maximum absolute atomic E-state index is 5.45. The van der Waals surface area contributed by atoms with Crippen LogP contribution in [0.25, 0.3) is 0 Å². The quantitative estimate of drug-likeness (QED) is 0.745. The summed E-state index contributed by atoms with van der Waals surface area (Å²) in [6, 6.07) is 2.29. The summed E-state index contributed by atoms with van der Waals surface area (Å²) in [7, 11) is 1.89. The lowest BCUT2D eigenvalue weighted by atomic mass is 10.4. The molecular formula is C9H15N3O. The molecule has 1 unspecified atom stereocenters. The molecule has 1 heterocycles. The molecule has 72 valence electrons. The molecule has 0 aromatic carbocycles. The lowest BCUT2D eigenvalue weighted by Gasteiger charge is -2.11. The maximum Gasteiger partial charge on any atom is 0.316 e. The molecule has 1 atom stereocenters. The molecule has 13 heavy (non-hydrogen) atoms. The molecule has 0 amide bonds. The molecule has 0 aliphatic rings. The Hall–Kier alpha value is -1.16. The highest BCUT2D eigenvalue weighted by atomic mass is 16.5. The van der Waals surface area contributed by atoms with Gasteiger partial charge in [-0.2, -0.15) is 0 Å². The van der Waals surface area contributed by atoms with E-state index in [0.717, 1.165) is 12.2 Å². The second-order valence-electron chi connectivity index (χ2n) is 2.97. The Morgan fingerprint density at radius 2 is 2.38 bits per heavy atom. The van der Waals surface area contributed by atoms with Crippen molar-refractivity contribution in [2.45, 2.75) is 20.0 Å². The summed E-state index contributed by atoms with van der Waals surface area (Å²) in [6.07, 6.45) is 1.79. The van der Waals surface area contributed by atoms with Crippen LogP contribution >= 0.6 is 0 Å². The van der Waals surface area contributed by atoms with Gasteiger partial charge in [-0.15, -0.1) is 0 Å². The average molecular weight is 181 g/mol. The number of nitrogens with zero attached hydrogens (tertiary/aromatic N) is 2. The summed E-state index contributed by atoms with van der Waals surface area (Å²) in [5, 5.41) is 3.02. The Bertz CT molecular complexity index is 265. The second kappa shape index (κ2) is 4.77. The van der Waals surface area contributed by atoms with Crippen LogP contribution in [0.2, 0.25) is 0 Å². The van der Waals surface area contributed by atoms with Gasteiger partial charge in [0.05, 0.1) is 0 Å². The van der Waals surface area contributed by atoms with Gasteiger partial charge in [0.1, 0.15) is 6.10 Å². The standard InChI is InChI=1S/C9H15N3O/c1-7-4-5-11-9(12-7)13-8(2)6-10-3/h4-5,8,10H,6H2,1-3H3. The fraction of sp³-hybridized carbons (Fsp3) is 0.556. The normalized spacial score (nSPS) is 12.5. The molecule has 1 aromatic rings. The molecule has 0 fully saturated rings. The van der Waals surface area contributed by atoms with Crippen LogP contribution in [-0.2, 0) is 0 Å². The van der Waals surface area contributed by atoms with Crippen LogP contribution < -0.4 is 10.1 Å². The number of ether oxygens (including phenoxy) is 1. The highest BCUT2D eigenvalue weighted by Gasteiger charge is 2.04. The third-order valence-electron chi connectivity index (χ3n) is 1.57. The third-order valence-corrected chi connectivity index (χ3v) is 1.57. The Balaban J connectivity index is 2.53. The Morgan fingerprint density at radius 3 is 3.00 bits per heavy atom. The number of hydrogen-bond acceptors (Lipinski definition) is 4. The number of likely N-dealkylation sites (N-methyl/N-ethyl adjacent to an activating group) is 1. The van der Waals surface area contributed by atoms with Crippen LogP contribution in [0.15, 0.2) is 12.3 Å². The Labute approximate surface area is 78.4 Å². The minimum absolute atomic E-state index is 0.0896. The minimum Gasteiger partial charge on any atom is -0.459 e. The van der Waals surface area contributed by atoms with Crippen LogP contribution in [0.5, 0.6) is 6.01 Å². The van der Waals surface area contributed by atoms with Gasteiger partial charge < -0.3 is 10.1 Å². The molecule has 0 aliphatic carbocycles. The van der Waals surface area contributed by atoms with E-state index in [-0.39, 0.29) is 6.10 Å². The van der Waals surface area contributed by atoms with Gasteiger partial charge in [-0.05, 0) is 27.0 Å². The first-order valence-electron chi connectivity index (χ1n) is 4.33. The predicted octanol–water partition coefficient (Wildman–Crippen LogP) is 0.772. The van der Waals surface area contributed by atoms with Crippen LogP contribution in [0.3, 0.4) is 0 Å². The zero-order valence-corrected chi connectivity index (χ0v) is 8.24. The summed E-state index contributed by atoms with van der Waals surface area (Å²) >= 11 is 0. The fourth-order valence-corrected chi connectivity index (χ4v) is 0.992. The highest BCUT2D eigenvalue weighted by molar-refractivity contribution is 5.03. The van der Waals surface area contributed by atoms with E-state index in [1.807, 2.05) is 27.0 Å². The van der Waals surface area contributed by atoms with Gasteiger partial charge in [-0.1, -0.05) is 0 Å². The van der Waals surface area contributed by atoms with Gasteiger partial charge in [0.25, 0.3) is 0 Å². The van der Waals surface area contributed by atoms with Crippen LogP contribution in [0.1, 0.15) is 12.6 Å². The number of hydrogen-bond donors (Lipinski definition) is 1. The van der Waals surface area contributed by atoms with Crippen molar-refractivity contribution in [1.29, 1.82) is 0 Å². The van der Waals surface area contributed by atoms with Crippen molar-refractivity contribution in [1.82, 2.24) is 15.3 Å². The van der Waals surface area contributed by atoms with E-state index in [2.05, 4.69) is 15.3 Å². The monoisotopic (exact) mass is 181 g/mol. The van der Waals surface area contributed by atoms with Crippen molar-refractivity contribution in [2.75, 3.05) is 13.6 Å². The first-order valence-corrected chi connectivity index (χ1v) is 4.33. The van der Waals surface area contributed by atoms with Crippen molar-refractivity contribution in [3.63, 3.8) is 0 Å². The van der Waals surface area contributed by atoms with Crippen molar-refractivity contribution in [2.24, 2.45) is 0 Å². The Kier molecular flexibility index (Phi) is 3.64. The lowest BCUT2D eigenvalue weighted by Crippen LogP contribution is -2.26. The zero-order chi connectivity index (χ0) is 9.68. The molecule has 0 bridgehead atoms. The van der Waals surface area contributed by atoms with Crippen molar-refractivity contribution < 1.29 is 4.74 Å². The van der Waals surface area contributed by atoms with E-state index in [1.165, 1.54) is 0 Å². The van der Waals surface area contributed by atoms with E-state index in [1.54, 1.807) is 6.20 Å². The number of rotatable bonds is 4. The average Bonchev–Trinajstić information content (AvgIpc) is 2.04. The lowest BCUT2D eigenvalue weighted by molar-refractivity contribution is 0.202. The van der Waals surface area contributed by atoms with E-state index in [4.69, 9.17) is 4.74 Å². The van der Waals surface area contributed by atoms with Crippen molar-refractivity contribution >= 4 is 0 Å². The second-order valence-corrected chi connectivity index (χ2v) is 2.97. The van der Waals surface area contributed by atoms with Gasteiger partial charge in [0.15, 0.2) is 0 Å². The van der Waals surface area contributed by atoms with E-state index >= 15 is 0 Å². The summed E-state index contributed by atoms with van der Waals surface area (Å²) in [5.41, 5.74) is 0.918. The molecule has 0 saturated carbocycles. The van der Waals surface area contributed by atoms with E-state index in [0.29, 0.717) is 6.01 Å². The number of nitrogens with one attached hydrogen (secondary N) is 1. The van der Waals surface area contributed by atoms with E-state index < -0.39 is 0 Å². The van der Waals surface area contributed by atoms with Crippen LogP contribution in [0.4, 0.5) is 0 Å². The molecule has 1 N–H and O–H groups in total. The molecule has 4 nitrogen and oxygen atoms in total. The SMILES string of the molecule is CNCC(C)Oc1nccc(C)n1. The van der Waals surface area contributed by atoms with Crippen LogP contribution in [0, 0.1) is 6.92 Å². The fourth-order valence-electron chi connectivity index (χ4n) is 0.992.